The van der Waals surface area contributed by atoms with Gasteiger partial charge in [-0.2, -0.15) is 9.97 Å². The maximum atomic E-state index is 13.4. The van der Waals surface area contributed by atoms with Crippen LogP contribution in [-0.4, -0.2) is 55.5 Å². The molecule has 3 heterocycles. The molecule has 2 aromatic rings. The van der Waals surface area contributed by atoms with Crippen molar-refractivity contribution in [1.82, 2.24) is 24.8 Å². The van der Waals surface area contributed by atoms with E-state index in [1.807, 2.05) is 20.2 Å². The number of ether oxygens (including phenoxy) is 2. The zero-order chi connectivity index (χ0) is 23.7. The van der Waals surface area contributed by atoms with E-state index in [9.17, 15) is 4.79 Å². The Morgan fingerprint density at radius 3 is 2.77 bits per heavy atom. The molecule has 6 fully saturated rings. The molecular formula is C25H31ClN6O3. The number of rotatable bonds is 5. The van der Waals surface area contributed by atoms with Crippen molar-refractivity contribution in [3.05, 3.63) is 11.6 Å². The van der Waals surface area contributed by atoms with Gasteiger partial charge >= 0.3 is 0 Å². The average Bonchev–Trinajstić information content (AvgIpc) is 3.47. The zero-order valence-electron chi connectivity index (χ0n) is 20.0. The highest BCUT2D eigenvalue weighted by atomic mass is 35.5. The summed E-state index contributed by atoms with van der Waals surface area (Å²) >= 11 is 6.45. The minimum atomic E-state index is -0.745. The molecule has 2 N–H and O–H groups in total. The first-order valence-electron chi connectivity index (χ1n) is 13.2. The van der Waals surface area contributed by atoms with Crippen LogP contribution in [0.1, 0.15) is 64.8 Å². The van der Waals surface area contributed by atoms with E-state index in [1.165, 1.54) is 25.7 Å². The second kappa shape index (κ2) is 6.86. The Hall–Kier alpha value is -1.97. The highest BCUT2D eigenvalue weighted by molar-refractivity contribution is 6.28. The molecule has 0 aromatic carbocycles. The molecule has 9 nitrogen and oxygen atoms in total. The fraction of sp³-hybridized carbons (Fsp3) is 0.760. The van der Waals surface area contributed by atoms with Crippen LogP contribution in [0.15, 0.2) is 6.33 Å². The fourth-order valence-electron chi connectivity index (χ4n) is 7.82. The lowest BCUT2D eigenvalue weighted by atomic mass is 9.95. The second-order valence-corrected chi connectivity index (χ2v) is 12.5. The Labute approximate surface area is 208 Å². The van der Waals surface area contributed by atoms with Crippen molar-refractivity contribution in [3.8, 4) is 0 Å². The van der Waals surface area contributed by atoms with Crippen molar-refractivity contribution in [2.45, 2.75) is 94.9 Å². The summed E-state index contributed by atoms with van der Waals surface area (Å²) in [5.41, 5.74) is 0.869. The molecule has 35 heavy (non-hydrogen) atoms. The lowest BCUT2D eigenvalue weighted by Gasteiger charge is -2.25. The molecule has 2 aromatic heterocycles. The Morgan fingerprint density at radius 1 is 1.17 bits per heavy atom. The largest absolute Gasteiger partial charge is 0.365 e. The minimum absolute atomic E-state index is 0.0990. The molecule has 1 saturated heterocycles. The van der Waals surface area contributed by atoms with Gasteiger partial charge in [0, 0.05) is 18.0 Å². The number of imidazole rings is 1. The summed E-state index contributed by atoms with van der Waals surface area (Å²) in [6.07, 6.45) is 9.31. The molecular weight excluding hydrogens is 468 g/mol. The number of fused-ring (bicyclic) bond motifs is 6. The molecule has 186 valence electrons. The Morgan fingerprint density at radius 2 is 2.03 bits per heavy atom. The maximum absolute atomic E-state index is 13.4. The molecule has 0 unspecified atom stereocenters. The standard InChI is InChI=1S/C25H31ClN6O3/c1-24(2)34-18-17(14-9-25(14,19(18)35-24)22(33)28-13-5-6-13)32-10-27-16-20(30-23(26)31-21(16)32)29-15-8-11-3-4-12(15)7-11/h10-15,17-19H,3-9H2,1-2H3,(H,28,33)(H,29,30,31)/t11-,12+,14+,15-,17+,18-,19-,25-/m0/s1. The predicted octanol–water partition coefficient (Wildman–Crippen LogP) is 3.44. The van der Waals surface area contributed by atoms with E-state index >= 15 is 0 Å². The summed E-state index contributed by atoms with van der Waals surface area (Å²) in [6, 6.07) is 0.627. The molecule has 10 heteroatoms. The normalized spacial score (nSPS) is 42.3. The van der Waals surface area contributed by atoms with Crippen molar-refractivity contribution >= 4 is 34.5 Å². The van der Waals surface area contributed by atoms with Gasteiger partial charge < -0.3 is 24.7 Å². The van der Waals surface area contributed by atoms with E-state index in [4.69, 9.17) is 26.1 Å². The Bertz CT molecular complexity index is 1250. The Kier molecular flexibility index (Phi) is 4.15. The lowest BCUT2D eigenvalue weighted by molar-refractivity contribution is -0.164. The van der Waals surface area contributed by atoms with E-state index in [2.05, 4.69) is 25.2 Å². The third-order valence-electron chi connectivity index (χ3n) is 9.56. The Balaban J connectivity index is 1.17. The van der Waals surface area contributed by atoms with Crippen LogP contribution in [0.25, 0.3) is 11.2 Å². The van der Waals surface area contributed by atoms with Crippen LogP contribution >= 0.6 is 11.6 Å². The van der Waals surface area contributed by atoms with Gasteiger partial charge in [0.15, 0.2) is 22.8 Å². The topological polar surface area (TPSA) is 103 Å². The monoisotopic (exact) mass is 498 g/mol. The average molecular weight is 499 g/mol. The van der Waals surface area contributed by atoms with Crippen LogP contribution in [0, 0.1) is 23.2 Å². The van der Waals surface area contributed by atoms with Crippen molar-refractivity contribution in [3.63, 3.8) is 0 Å². The SMILES string of the molecule is CC1(C)O[C@H]2[C@H](n3cnc4c(N[C@H]5C[C@H]6CC[C@@H]5C6)nc(Cl)nc43)[C@H]3C[C@@]3(C(=O)NC3CC3)[C@H]2O1. The quantitative estimate of drug-likeness (QED) is 0.608. The summed E-state index contributed by atoms with van der Waals surface area (Å²) < 4.78 is 14.9. The van der Waals surface area contributed by atoms with E-state index < -0.39 is 11.2 Å². The number of nitrogens with one attached hydrogen (secondary N) is 2. The molecule has 2 bridgehead atoms. The van der Waals surface area contributed by atoms with Gasteiger partial charge in [0.2, 0.25) is 11.2 Å². The number of hydrogen-bond donors (Lipinski definition) is 2. The van der Waals surface area contributed by atoms with Gasteiger partial charge in [-0.05, 0) is 75.8 Å². The number of carbonyl (C=O) groups excluding carboxylic acids is 1. The molecule has 8 rings (SSSR count). The molecule has 5 saturated carbocycles. The molecule has 6 aliphatic rings. The number of aromatic nitrogens is 4. The van der Waals surface area contributed by atoms with Crippen LogP contribution in [0.5, 0.6) is 0 Å². The van der Waals surface area contributed by atoms with Gasteiger partial charge in [-0.1, -0.05) is 6.42 Å². The van der Waals surface area contributed by atoms with Gasteiger partial charge in [0.05, 0.1) is 17.8 Å². The third kappa shape index (κ3) is 3.01. The van der Waals surface area contributed by atoms with E-state index in [-0.39, 0.29) is 35.4 Å². The molecule has 1 aliphatic heterocycles. The van der Waals surface area contributed by atoms with Crippen LogP contribution in [0.2, 0.25) is 5.28 Å². The molecule has 1 amide bonds. The third-order valence-corrected chi connectivity index (χ3v) is 9.72. The van der Waals surface area contributed by atoms with Gasteiger partial charge in [0.25, 0.3) is 0 Å². The number of nitrogens with zero attached hydrogens (tertiary/aromatic N) is 4. The zero-order valence-corrected chi connectivity index (χ0v) is 20.8. The van der Waals surface area contributed by atoms with E-state index in [0.717, 1.165) is 30.7 Å². The van der Waals surface area contributed by atoms with Crippen LogP contribution < -0.4 is 10.6 Å². The molecule has 0 radical (unpaired) electrons. The van der Waals surface area contributed by atoms with Gasteiger partial charge in [-0.3, -0.25) is 4.79 Å². The van der Waals surface area contributed by atoms with Crippen LogP contribution in [-0.2, 0) is 14.3 Å². The predicted molar refractivity (Wildman–Crippen MR) is 128 cm³/mol. The van der Waals surface area contributed by atoms with Gasteiger partial charge in [-0.15, -0.1) is 0 Å². The van der Waals surface area contributed by atoms with Crippen molar-refractivity contribution in [2.75, 3.05) is 5.32 Å². The molecule has 0 spiro atoms. The summed E-state index contributed by atoms with van der Waals surface area (Å²) in [4.78, 5) is 27.3. The highest BCUT2D eigenvalue weighted by Crippen LogP contribution is 2.71. The first kappa shape index (κ1) is 21.1. The van der Waals surface area contributed by atoms with E-state index in [0.29, 0.717) is 29.5 Å². The van der Waals surface area contributed by atoms with Crippen LogP contribution in [0.4, 0.5) is 5.82 Å². The first-order valence-corrected chi connectivity index (χ1v) is 13.5. The maximum Gasteiger partial charge on any atom is 0.229 e. The molecule has 5 aliphatic carbocycles. The number of anilines is 1. The highest BCUT2D eigenvalue weighted by Gasteiger charge is 2.79. The van der Waals surface area contributed by atoms with Gasteiger partial charge in [0.1, 0.15) is 12.2 Å². The lowest BCUT2D eigenvalue weighted by Crippen LogP contribution is -2.42. The van der Waals surface area contributed by atoms with Crippen LogP contribution in [0.3, 0.4) is 0 Å². The van der Waals surface area contributed by atoms with E-state index in [1.54, 1.807) is 0 Å². The first-order chi connectivity index (χ1) is 16.8. The smallest absolute Gasteiger partial charge is 0.229 e. The van der Waals surface area contributed by atoms with Gasteiger partial charge in [-0.25, -0.2) is 4.98 Å². The van der Waals surface area contributed by atoms with Crippen molar-refractivity contribution in [1.29, 1.82) is 0 Å². The number of carbonyl (C=O) groups is 1. The summed E-state index contributed by atoms with van der Waals surface area (Å²) in [7, 11) is 0. The summed E-state index contributed by atoms with van der Waals surface area (Å²) in [5, 5.41) is 7.11. The second-order valence-electron chi connectivity index (χ2n) is 12.2. The summed E-state index contributed by atoms with van der Waals surface area (Å²) in [6.45, 7) is 3.85. The number of halogens is 1. The number of amides is 1. The summed E-state index contributed by atoms with van der Waals surface area (Å²) in [5.74, 6) is 1.71. The van der Waals surface area contributed by atoms with Crippen molar-refractivity contribution in [2.24, 2.45) is 23.2 Å². The minimum Gasteiger partial charge on any atom is -0.365 e. The number of hydrogen-bond acceptors (Lipinski definition) is 7. The fourth-order valence-corrected chi connectivity index (χ4v) is 7.98. The van der Waals surface area contributed by atoms with Crippen molar-refractivity contribution < 1.29 is 14.3 Å². The molecule has 8 atom stereocenters.